The molecule has 2 aromatic carbocycles. The quantitative estimate of drug-likeness (QED) is 0.657. The molecular weight excluding hydrogens is 338 g/mol. The molecule has 4 rings (SSSR count). The van der Waals surface area contributed by atoms with E-state index < -0.39 is 0 Å². The molecule has 0 atom stereocenters. The topological polar surface area (TPSA) is 51.4 Å². The van der Waals surface area contributed by atoms with Gasteiger partial charge in [0.1, 0.15) is 5.75 Å². The van der Waals surface area contributed by atoms with Crippen LogP contribution in [0.4, 0.5) is 0 Å². The van der Waals surface area contributed by atoms with Crippen molar-refractivity contribution in [2.24, 2.45) is 5.92 Å². The van der Waals surface area contributed by atoms with Gasteiger partial charge in [0.15, 0.2) is 0 Å². The van der Waals surface area contributed by atoms with E-state index in [2.05, 4.69) is 45.4 Å². The summed E-state index contributed by atoms with van der Waals surface area (Å²) in [6, 6.07) is 18.5. The molecule has 1 saturated heterocycles. The van der Waals surface area contributed by atoms with Gasteiger partial charge in [0.25, 0.3) is 0 Å². The highest BCUT2D eigenvalue weighted by atomic mass is 16.5. The Labute approximate surface area is 160 Å². The summed E-state index contributed by atoms with van der Waals surface area (Å²) in [6.07, 6.45) is 3.61. The number of hydrogen-bond acceptors (Lipinski definition) is 5. The van der Waals surface area contributed by atoms with Crippen molar-refractivity contribution in [1.82, 2.24) is 15.1 Å². The molecule has 0 bridgehead atoms. The lowest BCUT2D eigenvalue weighted by Crippen LogP contribution is -2.33. The predicted octanol–water partition coefficient (Wildman–Crippen LogP) is 4.20. The maximum absolute atomic E-state index is 5.86. The summed E-state index contributed by atoms with van der Waals surface area (Å²) in [4.78, 5) is 2.41. The highest BCUT2D eigenvalue weighted by Crippen LogP contribution is 2.24. The lowest BCUT2D eigenvalue weighted by molar-refractivity contribution is 0.164. The smallest absolute Gasteiger partial charge is 0.247 e. The van der Waals surface area contributed by atoms with Crippen LogP contribution in [0.5, 0.6) is 5.75 Å². The molecule has 2 heterocycles. The molecule has 0 N–H and O–H groups in total. The van der Waals surface area contributed by atoms with Crippen LogP contribution in [0.15, 0.2) is 59.0 Å². The number of hydrogen-bond donors (Lipinski definition) is 0. The Bertz CT molecular complexity index is 838. The van der Waals surface area contributed by atoms with Crippen LogP contribution in [0.1, 0.15) is 24.3 Å². The summed E-state index contributed by atoms with van der Waals surface area (Å²) in [7, 11) is 1.66. The number of aromatic nitrogens is 2. The third-order valence-corrected chi connectivity index (χ3v) is 5.24. The highest BCUT2D eigenvalue weighted by Gasteiger charge is 2.21. The Kier molecular flexibility index (Phi) is 5.49. The fraction of sp³-hybridized carbons (Fsp3) is 0.364. The van der Waals surface area contributed by atoms with Crippen molar-refractivity contribution in [3.05, 3.63) is 66.1 Å². The van der Waals surface area contributed by atoms with Crippen LogP contribution in [0.2, 0.25) is 0 Å². The Morgan fingerprint density at radius 2 is 1.74 bits per heavy atom. The predicted molar refractivity (Wildman–Crippen MR) is 104 cm³/mol. The third-order valence-electron chi connectivity index (χ3n) is 5.24. The second-order valence-corrected chi connectivity index (χ2v) is 7.14. The van der Waals surface area contributed by atoms with E-state index in [1.807, 2.05) is 24.3 Å². The lowest BCUT2D eigenvalue weighted by Gasteiger charge is -2.31. The van der Waals surface area contributed by atoms with Gasteiger partial charge in [-0.25, -0.2) is 0 Å². The van der Waals surface area contributed by atoms with Crippen molar-refractivity contribution in [1.29, 1.82) is 0 Å². The number of rotatable bonds is 6. The van der Waals surface area contributed by atoms with Crippen LogP contribution in [-0.4, -0.2) is 35.3 Å². The fourth-order valence-electron chi connectivity index (χ4n) is 3.66. The van der Waals surface area contributed by atoms with Crippen molar-refractivity contribution in [2.75, 3.05) is 20.2 Å². The fourth-order valence-corrected chi connectivity index (χ4v) is 3.66. The number of ether oxygens (including phenoxy) is 1. The minimum atomic E-state index is 0.562. The van der Waals surface area contributed by atoms with Crippen LogP contribution in [0.25, 0.3) is 11.5 Å². The zero-order valence-corrected chi connectivity index (χ0v) is 15.7. The summed E-state index contributed by atoms with van der Waals surface area (Å²) in [5, 5.41) is 8.42. The molecule has 0 aliphatic carbocycles. The summed E-state index contributed by atoms with van der Waals surface area (Å²) >= 11 is 0. The minimum Gasteiger partial charge on any atom is -0.497 e. The van der Waals surface area contributed by atoms with Gasteiger partial charge in [-0.15, -0.1) is 10.2 Å². The summed E-state index contributed by atoms with van der Waals surface area (Å²) < 4.78 is 11.0. The van der Waals surface area contributed by atoms with Gasteiger partial charge in [-0.3, -0.25) is 4.90 Å². The van der Waals surface area contributed by atoms with E-state index in [-0.39, 0.29) is 0 Å². The van der Waals surface area contributed by atoms with E-state index in [9.17, 15) is 0 Å². The zero-order valence-electron chi connectivity index (χ0n) is 15.7. The second-order valence-electron chi connectivity index (χ2n) is 7.14. The van der Waals surface area contributed by atoms with E-state index >= 15 is 0 Å². The summed E-state index contributed by atoms with van der Waals surface area (Å²) in [5.74, 6) is 2.83. The number of benzene rings is 2. The van der Waals surface area contributed by atoms with E-state index in [4.69, 9.17) is 9.15 Å². The molecule has 0 amide bonds. The van der Waals surface area contributed by atoms with E-state index in [1.165, 1.54) is 24.8 Å². The van der Waals surface area contributed by atoms with Crippen molar-refractivity contribution in [3.8, 4) is 17.2 Å². The van der Waals surface area contributed by atoms with Gasteiger partial charge in [0.05, 0.1) is 13.7 Å². The average Bonchev–Trinajstić information content (AvgIpc) is 3.19. The SMILES string of the molecule is COc1ccc(-c2nnc(CN3CCC(Cc4ccccc4)CC3)o2)cc1. The van der Waals surface area contributed by atoms with Crippen molar-refractivity contribution >= 4 is 0 Å². The molecule has 3 aromatic rings. The molecule has 1 aliphatic heterocycles. The van der Waals surface area contributed by atoms with Gasteiger partial charge in [0.2, 0.25) is 11.8 Å². The maximum atomic E-state index is 5.86. The van der Waals surface area contributed by atoms with Crippen LogP contribution in [0, 0.1) is 5.92 Å². The number of methoxy groups -OCH3 is 1. The number of piperidine rings is 1. The Balaban J connectivity index is 1.30. The van der Waals surface area contributed by atoms with Gasteiger partial charge < -0.3 is 9.15 Å². The van der Waals surface area contributed by atoms with E-state index in [0.717, 1.165) is 36.9 Å². The van der Waals surface area contributed by atoms with Crippen LogP contribution in [-0.2, 0) is 13.0 Å². The minimum absolute atomic E-state index is 0.562. The number of nitrogens with zero attached hydrogens (tertiary/aromatic N) is 3. The molecule has 1 aliphatic rings. The normalized spacial score (nSPS) is 15.7. The molecule has 5 heteroatoms. The van der Waals surface area contributed by atoms with E-state index in [0.29, 0.717) is 11.8 Å². The first kappa shape index (κ1) is 17.7. The maximum Gasteiger partial charge on any atom is 0.247 e. The molecule has 0 radical (unpaired) electrons. The van der Waals surface area contributed by atoms with E-state index in [1.54, 1.807) is 7.11 Å². The van der Waals surface area contributed by atoms with Crippen LogP contribution in [0.3, 0.4) is 0 Å². The molecule has 1 aromatic heterocycles. The largest absolute Gasteiger partial charge is 0.497 e. The second kappa shape index (κ2) is 8.35. The van der Waals surface area contributed by atoms with Gasteiger partial charge in [-0.1, -0.05) is 30.3 Å². The first-order valence-electron chi connectivity index (χ1n) is 9.53. The molecule has 1 fully saturated rings. The summed E-state index contributed by atoms with van der Waals surface area (Å²) in [6.45, 7) is 2.89. The highest BCUT2D eigenvalue weighted by molar-refractivity contribution is 5.53. The number of likely N-dealkylation sites (tertiary alicyclic amines) is 1. The molecule has 140 valence electrons. The average molecular weight is 363 g/mol. The van der Waals surface area contributed by atoms with Gasteiger partial charge in [-0.2, -0.15) is 0 Å². The van der Waals surface area contributed by atoms with Gasteiger partial charge in [-0.05, 0) is 68.1 Å². The first-order valence-corrected chi connectivity index (χ1v) is 9.53. The summed E-state index contributed by atoms with van der Waals surface area (Å²) in [5.41, 5.74) is 2.35. The van der Waals surface area contributed by atoms with Crippen LogP contribution >= 0.6 is 0 Å². The van der Waals surface area contributed by atoms with Gasteiger partial charge in [0, 0.05) is 5.56 Å². The molecule has 0 spiro atoms. The Morgan fingerprint density at radius 3 is 2.44 bits per heavy atom. The van der Waals surface area contributed by atoms with Crippen molar-refractivity contribution < 1.29 is 9.15 Å². The third kappa shape index (κ3) is 4.55. The zero-order chi connectivity index (χ0) is 18.5. The lowest BCUT2D eigenvalue weighted by atomic mass is 9.90. The van der Waals surface area contributed by atoms with Crippen LogP contribution < -0.4 is 4.74 Å². The van der Waals surface area contributed by atoms with Crippen molar-refractivity contribution in [2.45, 2.75) is 25.8 Å². The molecule has 0 saturated carbocycles. The first-order chi connectivity index (χ1) is 13.3. The monoisotopic (exact) mass is 363 g/mol. The Morgan fingerprint density at radius 1 is 1.00 bits per heavy atom. The standard InChI is InChI=1S/C22H25N3O2/c1-26-20-9-7-19(8-10-20)22-24-23-21(27-22)16-25-13-11-18(12-14-25)15-17-5-3-2-4-6-17/h2-10,18H,11-16H2,1H3. The Hall–Kier alpha value is -2.66. The van der Waals surface area contributed by atoms with Crippen molar-refractivity contribution in [3.63, 3.8) is 0 Å². The molecule has 27 heavy (non-hydrogen) atoms. The molecular formula is C22H25N3O2. The molecule has 0 unspecified atom stereocenters. The molecule has 5 nitrogen and oxygen atoms in total. The van der Waals surface area contributed by atoms with Gasteiger partial charge >= 0.3 is 0 Å².